The molecule has 148 valence electrons. The molecule has 28 heavy (non-hydrogen) atoms. The molecule has 0 radical (unpaired) electrons. The zero-order chi connectivity index (χ0) is 20.4. The van der Waals surface area contributed by atoms with Crippen LogP contribution in [0, 0.1) is 9.49 Å². The van der Waals surface area contributed by atoms with E-state index in [4.69, 9.17) is 4.74 Å². The molecule has 1 aliphatic heterocycles. The lowest BCUT2D eigenvalue weighted by Gasteiger charge is -2.20. The summed E-state index contributed by atoms with van der Waals surface area (Å²) in [6.45, 7) is 4.22. The van der Waals surface area contributed by atoms with Crippen LogP contribution in [0.1, 0.15) is 26.7 Å². The van der Waals surface area contributed by atoms with Gasteiger partial charge in [0.15, 0.2) is 5.78 Å². The summed E-state index contributed by atoms with van der Waals surface area (Å²) < 4.78 is 7.84. The fourth-order valence-corrected chi connectivity index (χ4v) is 3.74. The summed E-state index contributed by atoms with van der Waals surface area (Å²) in [5.74, 6) is -0.563. The van der Waals surface area contributed by atoms with Gasteiger partial charge in [0.1, 0.15) is 14.0 Å². The standard InChI is InChI=1S/C19H23BIN3O4/c1-10(2)19(27)28-17-3-4-22-16(17)5-11(25)8-24-9-23-15-7-13(20)14(21)6-12(15)18(24)26/h6-7,9-10,16-17,22H,3-5,8,20H2,1-2H3. The van der Waals surface area contributed by atoms with Crippen molar-refractivity contribution in [3.63, 3.8) is 0 Å². The maximum absolute atomic E-state index is 12.7. The Hall–Kier alpha value is -1.75. The van der Waals surface area contributed by atoms with Gasteiger partial charge in [0, 0.05) is 9.99 Å². The number of ether oxygens (including phenoxy) is 1. The summed E-state index contributed by atoms with van der Waals surface area (Å²) in [6.07, 6.45) is 2.00. The Balaban J connectivity index is 1.71. The lowest BCUT2D eigenvalue weighted by molar-refractivity contribution is -0.153. The first-order chi connectivity index (χ1) is 13.3. The van der Waals surface area contributed by atoms with Gasteiger partial charge in [-0.2, -0.15) is 0 Å². The van der Waals surface area contributed by atoms with Crippen LogP contribution in [0.2, 0.25) is 0 Å². The molecule has 0 aliphatic carbocycles. The Bertz CT molecular complexity index is 976. The third-order valence-corrected chi connectivity index (χ3v) is 6.08. The van der Waals surface area contributed by atoms with Crippen molar-refractivity contribution in [2.75, 3.05) is 6.54 Å². The molecule has 2 aromatic rings. The van der Waals surface area contributed by atoms with Gasteiger partial charge in [-0.25, -0.2) is 4.98 Å². The maximum Gasteiger partial charge on any atom is 0.308 e. The zero-order valence-electron chi connectivity index (χ0n) is 16.2. The second-order valence-corrected chi connectivity index (χ2v) is 8.68. The number of fused-ring (bicyclic) bond motifs is 1. The molecular weight excluding hydrogens is 472 g/mol. The highest BCUT2D eigenvalue weighted by atomic mass is 127. The molecule has 0 bridgehead atoms. The lowest BCUT2D eigenvalue weighted by atomic mass is 9.95. The number of hydrogen-bond donors (Lipinski definition) is 1. The number of esters is 1. The van der Waals surface area contributed by atoms with E-state index in [2.05, 4.69) is 32.9 Å². The quantitative estimate of drug-likeness (QED) is 0.349. The molecule has 1 N–H and O–H groups in total. The van der Waals surface area contributed by atoms with Crippen LogP contribution in [-0.2, 0) is 20.9 Å². The van der Waals surface area contributed by atoms with Crippen LogP contribution in [0.3, 0.4) is 0 Å². The minimum atomic E-state index is -0.310. The van der Waals surface area contributed by atoms with E-state index in [1.54, 1.807) is 13.8 Å². The average Bonchev–Trinajstić information content (AvgIpc) is 3.05. The highest BCUT2D eigenvalue weighted by Crippen LogP contribution is 2.17. The lowest BCUT2D eigenvalue weighted by Crippen LogP contribution is -2.37. The minimum absolute atomic E-state index is 0.0464. The first kappa shape index (κ1) is 21.0. The van der Waals surface area contributed by atoms with Gasteiger partial charge in [-0.05, 0) is 47.7 Å². The number of hydrogen-bond acceptors (Lipinski definition) is 6. The molecular formula is C19H23BIN3O4. The van der Waals surface area contributed by atoms with Crippen molar-refractivity contribution in [3.8, 4) is 0 Å². The number of benzene rings is 1. The molecule has 1 aromatic heterocycles. The molecule has 0 saturated carbocycles. The molecule has 2 unspecified atom stereocenters. The molecule has 1 fully saturated rings. The number of carbonyl (C=O) groups excluding carboxylic acids is 2. The number of nitrogens with one attached hydrogen (secondary N) is 1. The van der Waals surface area contributed by atoms with Gasteiger partial charge in [-0.15, -0.1) is 0 Å². The van der Waals surface area contributed by atoms with Gasteiger partial charge in [-0.3, -0.25) is 19.0 Å². The second kappa shape index (κ2) is 8.73. The van der Waals surface area contributed by atoms with E-state index in [1.165, 1.54) is 10.9 Å². The second-order valence-electron chi connectivity index (χ2n) is 7.52. The minimum Gasteiger partial charge on any atom is -0.460 e. The Morgan fingerprint density at radius 2 is 2.18 bits per heavy atom. The van der Waals surface area contributed by atoms with Crippen molar-refractivity contribution in [2.24, 2.45) is 5.92 Å². The summed E-state index contributed by atoms with van der Waals surface area (Å²) in [4.78, 5) is 41.5. The van der Waals surface area contributed by atoms with E-state index in [-0.39, 0.29) is 48.3 Å². The third kappa shape index (κ3) is 4.62. The molecule has 7 nitrogen and oxygen atoms in total. The summed E-state index contributed by atoms with van der Waals surface area (Å²) in [5.41, 5.74) is 1.46. The largest absolute Gasteiger partial charge is 0.460 e. The SMILES string of the molecule is Bc1cc2ncn(CC(=O)CC3NCCC3OC(=O)C(C)C)c(=O)c2cc1I. The van der Waals surface area contributed by atoms with Crippen LogP contribution in [0.5, 0.6) is 0 Å². The third-order valence-electron chi connectivity index (χ3n) is 4.92. The summed E-state index contributed by atoms with van der Waals surface area (Å²) in [7, 11) is 1.97. The van der Waals surface area contributed by atoms with Crippen LogP contribution in [0.15, 0.2) is 23.3 Å². The smallest absolute Gasteiger partial charge is 0.308 e. The molecule has 0 amide bonds. The van der Waals surface area contributed by atoms with Crippen molar-refractivity contribution in [3.05, 3.63) is 32.4 Å². The Morgan fingerprint density at radius 3 is 2.89 bits per heavy atom. The summed E-state index contributed by atoms with van der Waals surface area (Å²) in [6, 6.07) is 3.46. The molecule has 1 saturated heterocycles. The fourth-order valence-electron chi connectivity index (χ4n) is 3.27. The van der Waals surface area contributed by atoms with Crippen LogP contribution < -0.4 is 16.3 Å². The van der Waals surface area contributed by atoms with Crippen LogP contribution in [-0.4, -0.2) is 47.8 Å². The molecule has 2 atom stereocenters. The zero-order valence-corrected chi connectivity index (χ0v) is 18.4. The average molecular weight is 495 g/mol. The van der Waals surface area contributed by atoms with E-state index < -0.39 is 0 Å². The van der Waals surface area contributed by atoms with Gasteiger partial charge >= 0.3 is 5.97 Å². The predicted molar refractivity (Wildman–Crippen MR) is 118 cm³/mol. The number of aromatic nitrogens is 2. The van der Waals surface area contributed by atoms with Gasteiger partial charge < -0.3 is 10.1 Å². The Morgan fingerprint density at radius 1 is 1.43 bits per heavy atom. The molecule has 2 heterocycles. The Kier molecular flexibility index (Phi) is 6.54. The maximum atomic E-state index is 12.7. The van der Waals surface area contributed by atoms with Crippen molar-refractivity contribution < 1.29 is 14.3 Å². The molecule has 9 heteroatoms. The van der Waals surface area contributed by atoms with Crippen molar-refractivity contribution in [2.45, 2.75) is 45.4 Å². The van der Waals surface area contributed by atoms with E-state index in [1.807, 2.05) is 20.0 Å². The van der Waals surface area contributed by atoms with Crippen molar-refractivity contribution in [1.82, 2.24) is 14.9 Å². The van der Waals surface area contributed by atoms with Crippen molar-refractivity contribution in [1.29, 1.82) is 0 Å². The normalized spacial score (nSPS) is 19.3. The van der Waals surface area contributed by atoms with Crippen LogP contribution in [0.25, 0.3) is 10.9 Å². The molecule has 1 aliphatic rings. The number of ketones is 1. The van der Waals surface area contributed by atoms with Gasteiger partial charge in [-0.1, -0.05) is 19.3 Å². The molecule has 0 spiro atoms. The van der Waals surface area contributed by atoms with E-state index >= 15 is 0 Å². The first-order valence-electron chi connectivity index (χ1n) is 9.37. The number of carbonyl (C=O) groups is 2. The summed E-state index contributed by atoms with van der Waals surface area (Å²) >= 11 is 2.18. The van der Waals surface area contributed by atoms with E-state index in [0.29, 0.717) is 23.9 Å². The highest BCUT2D eigenvalue weighted by molar-refractivity contribution is 14.1. The number of nitrogens with zero attached hydrogens (tertiary/aromatic N) is 2. The van der Waals surface area contributed by atoms with Gasteiger partial charge in [0.25, 0.3) is 5.56 Å². The number of Topliss-reactive ketones (excluding diaryl/α,β-unsaturated/α-hetero) is 1. The summed E-state index contributed by atoms with van der Waals surface area (Å²) in [5, 5.41) is 3.73. The van der Waals surface area contributed by atoms with Crippen molar-refractivity contribution >= 4 is 58.6 Å². The monoisotopic (exact) mass is 495 g/mol. The van der Waals surface area contributed by atoms with Crippen LogP contribution >= 0.6 is 22.6 Å². The Labute approximate surface area is 177 Å². The first-order valence-corrected chi connectivity index (χ1v) is 10.4. The number of halogens is 1. The van der Waals surface area contributed by atoms with Gasteiger partial charge in [0.05, 0.1) is 35.7 Å². The van der Waals surface area contributed by atoms with E-state index in [9.17, 15) is 14.4 Å². The van der Waals surface area contributed by atoms with E-state index in [0.717, 1.165) is 9.03 Å². The predicted octanol–water partition coefficient (Wildman–Crippen LogP) is 0.148. The molecule has 3 rings (SSSR count). The number of rotatable bonds is 6. The van der Waals surface area contributed by atoms with Crippen LogP contribution in [0.4, 0.5) is 0 Å². The topological polar surface area (TPSA) is 90.3 Å². The van der Waals surface area contributed by atoms with Gasteiger partial charge in [0.2, 0.25) is 0 Å². The fraction of sp³-hybridized carbons (Fsp3) is 0.474. The highest BCUT2D eigenvalue weighted by Gasteiger charge is 2.32. The molecule has 1 aromatic carbocycles.